The number of piperazine rings is 1. The average Bonchev–Trinajstić information content (AvgIpc) is 3.59. The second-order valence-electron chi connectivity index (χ2n) is 9.03. The van der Waals surface area contributed by atoms with Gasteiger partial charge in [0.2, 0.25) is 0 Å². The van der Waals surface area contributed by atoms with Gasteiger partial charge in [-0.25, -0.2) is 4.98 Å². The van der Waals surface area contributed by atoms with E-state index >= 15 is 0 Å². The smallest absolute Gasteiger partial charge is 0.259 e. The molecule has 5 aromatic rings. The summed E-state index contributed by atoms with van der Waals surface area (Å²) in [5.74, 6) is 2.36. The summed E-state index contributed by atoms with van der Waals surface area (Å²) in [7, 11) is 1.64. The first-order chi connectivity index (χ1) is 19.0. The predicted octanol–water partition coefficient (Wildman–Crippen LogP) is 5.03. The van der Waals surface area contributed by atoms with Crippen LogP contribution in [0.3, 0.4) is 0 Å². The summed E-state index contributed by atoms with van der Waals surface area (Å²) in [6, 6.07) is 12.9. The van der Waals surface area contributed by atoms with E-state index in [0.717, 1.165) is 22.7 Å². The number of methoxy groups -OCH3 is 1. The molecular formula is C27H23Cl2N7O3. The summed E-state index contributed by atoms with van der Waals surface area (Å²) in [4.78, 5) is 26.5. The molecule has 39 heavy (non-hydrogen) atoms. The highest BCUT2D eigenvalue weighted by Gasteiger charge is 2.31. The number of aromatic nitrogens is 5. The Morgan fingerprint density at radius 3 is 2.41 bits per heavy atom. The molecule has 1 amide bonds. The maximum absolute atomic E-state index is 13.7. The molecule has 3 aromatic heterocycles. The van der Waals surface area contributed by atoms with Crippen LogP contribution in [-0.4, -0.2) is 68.8 Å². The van der Waals surface area contributed by atoms with Crippen LogP contribution in [-0.2, 0) is 0 Å². The number of anilines is 1. The number of halogens is 2. The van der Waals surface area contributed by atoms with Gasteiger partial charge in [0.1, 0.15) is 34.9 Å². The van der Waals surface area contributed by atoms with Gasteiger partial charge in [0.05, 0.1) is 17.2 Å². The van der Waals surface area contributed by atoms with E-state index < -0.39 is 0 Å². The highest BCUT2D eigenvalue weighted by Crippen LogP contribution is 2.38. The molecule has 198 valence electrons. The molecule has 0 spiro atoms. The Morgan fingerprint density at radius 1 is 1.00 bits per heavy atom. The first-order valence-electron chi connectivity index (χ1n) is 12.2. The number of carbonyl (C=O) groups is 1. The summed E-state index contributed by atoms with van der Waals surface area (Å²) in [5.41, 5.74) is 3.06. The van der Waals surface area contributed by atoms with Gasteiger partial charge in [-0.15, -0.1) is 0 Å². The van der Waals surface area contributed by atoms with Crippen LogP contribution >= 0.6 is 23.2 Å². The number of nitrogens with zero attached hydrogens (tertiary/aromatic N) is 7. The molecule has 0 N–H and O–H groups in total. The highest BCUT2D eigenvalue weighted by atomic mass is 35.5. The number of hydrogen-bond acceptors (Lipinski definition) is 8. The summed E-state index contributed by atoms with van der Waals surface area (Å²) in [5, 5.41) is 9.36. The molecule has 4 heterocycles. The van der Waals surface area contributed by atoms with Crippen molar-refractivity contribution >= 4 is 40.7 Å². The minimum atomic E-state index is -0.185. The number of fused-ring (bicyclic) bond motifs is 1. The van der Waals surface area contributed by atoms with Gasteiger partial charge < -0.3 is 19.1 Å². The summed E-state index contributed by atoms with van der Waals surface area (Å²) in [6.45, 7) is 3.80. The van der Waals surface area contributed by atoms with Crippen molar-refractivity contribution in [3.05, 3.63) is 76.4 Å². The highest BCUT2D eigenvalue weighted by molar-refractivity contribution is 6.39. The zero-order valence-electron chi connectivity index (χ0n) is 21.1. The van der Waals surface area contributed by atoms with Crippen molar-refractivity contribution in [2.75, 3.05) is 38.2 Å². The maximum atomic E-state index is 13.7. The van der Waals surface area contributed by atoms with Crippen molar-refractivity contribution < 1.29 is 14.1 Å². The fraction of sp³-hybridized carbons (Fsp3) is 0.222. The van der Waals surface area contributed by atoms with Crippen molar-refractivity contribution in [2.45, 2.75) is 6.92 Å². The number of carbonyl (C=O) groups excluding carboxylic acids is 1. The third kappa shape index (κ3) is 4.45. The van der Waals surface area contributed by atoms with Crippen molar-refractivity contribution in [3.8, 4) is 28.1 Å². The number of rotatable bonds is 5. The second-order valence-corrected chi connectivity index (χ2v) is 9.85. The standard InChI is InChI=1S/C27H23Cl2N7O3/c1-16-22(24(33-39-16)23-20(28)4-3-5-21(23)29)26(37)35-12-10-34(11-13-35)25-19(14-30-27-31-15-32-36(25)27)17-6-8-18(38-2)9-7-17/h3-9,14-15H,10-13H2,1-2H3. The molecular weight excluding hydrogens is 541 g/mol. The van der Waals surface area contributed by atoms with E-state index in [9.17, 15) is 4.79 Å². The normalized spacial score (nSPS) is 13.7. The Morgan fingerprint density at radius 2 is 1.72 bits per heavy atom. The summed E-state index contributed by atoms with van der Waals surface area (Å²) < 4.78 is 12.5. The fourth-order valence-corrected chi connectivity index (χ4v) is 5.42. The molecule has 1 aliphatic heterocycles. The van der Waals surface area contributed by atoms with E-state index in [1.807, 2.05) is 24.3 Å². The quantitative estimate of drug-likeness (QED) is 0.293. The Balaban J connectivity index is 1.29. The molecule has 12 heteroatoms. The van der Waals surface area contributed by atoms with E-state index in [0.29, 0.717) is 64.6 Å². The SMILES string of the molecule is COc1ccc(-c2cnc3ncnn3c2N2CCN(C(=O)c3c(-c4c(Cl)cccc4Cl)noc3C)CC2)cc1. The molecule has 1 aliphatic rings. The molecule has 10 nitrogen and oxygen atoms in total. The first-order valence-corrected chi connectivity index (χ1v) is 13.0. The minimum Gasteiger partial charge on any atom is -0.497 e. The fourth-order valence-electron chi connectivity index (χ4n) is 4.84. The monoisotopic (exact) mass is 563 g/mol. The molecule has 0 bridgehead atoms. The molecule has 0 unspecified atom stereocenters. The average molecular weight is 564 g/mol. The maximum Gasteiger partial charge on any atom is 0.259 e. The van der Waals surface area contributed by atoms with Gasteiger partial charge in [-0.05, 0) is 36.8 Å². The Hall–Kier alpha value is -4.15. The number of aryl methyl sites for hydroxylation is 1. The van der Waals surface area contributed by atoms with Crippen molar-refractivity contribution in [2.24, 2.45) is 0 Å². The van der Waals surface area contributed by atoms with E-state index in [4.69, 9.17) is 32.5 Å². The van der Waals surface area contributed by atoms with Crippen LogP contribution in [0.5, 0.6) is 5.75 Å². The second kappa shape index (κ2) is 10.2. The molecule has 0 saturated carbocycles. The molecule has 0 atom stereocenters. The zero-order valence-corrected chi connectivity index (χ0v) is 22.6. The molecule has 6 rings (SSSR count). The topological polar surface area (TPSA) is 102 Å². The van der Waals surface area contributed by atoms with Gasteiger partial charge in [0, 0.05) is 43.5 Å². The van der Waals surface area contributed by atoms with E-state index in [1.165, 1.54) is 6.33 Å². The number of benzene rings is 2. The van der Waals surface area contributed by atoms with Crippen LogP contribution < -0.4 is 9.64 Å². The lowest BCUT2D eigenvalue weighted by Crippen LogP contribution is -2.49. The van der Waals surface area contributed by atoms with Crippen LogP contribution in [0.2, 0.25) is 10.0 Å². The van der Waals surface area contributed by atoms with Crippen molar-refractivity contribution in [1.29, 1.82) is 0 Å². The van der Waals surface area contributed by atoms with E-state index in [2.05, 4.69) is 25.1 Å². The van der Waals surface area contributed by atoms with Gasteiger partial charge >= 0.3 is 0 Å². The van der Waals surface area contributed by atoms with Crippen molar-refractivity contribution in [1.82, 2.24) is 29.6 Å². The van der Waals surface area contributed by atoms with Gasteiger partial charge in [-0.1, -0.05) is 46.6 Å². The van der Waals surface area contributed by atoms with Crippen LogP contribution in [0.4, 0.5) is 5.82 Å². The Kier molecular flexibility index (Phi) is 6.58. The van der Waals surface area contributed by atoms with Crippen LogP contribution in [0.25, 0.3) is 28.2 Å². The molecule has 0 aliphatic carbocycles. The zero-order chi connectivity index (χ0) is 27.1. The molecule has 1 fully saturated rings. The predicted molar refractivity (Wildman–Crippen MR) is 148 cm³/mol. The first kappa shape index (κ1) is 25.1. The summed E-state index contributed by atoms with van der Waals surface area (Å²) >= 11 is 12.8. The van der Waals surface area contributed by atoms with Crippen molar-refractivity contribution in [3.63, 3.8) is 0 Å². The van der Waals surface area contributed by atoms with Gasteiger partial charge in [0.25, 0.3) is 11.7 Å². The lowest BCUT2D eigenvalue weighted by atomic mass is 10.0. The third-order valence-corrected chi connectivity index (χ3v) is 7.45. The Bertz CT molecular complexity index is 1650. The summed E-state index contributed by atoms with van der Waals surface area (Å²) in [6.07, 6.45) is 3.29. The van der Waals surface area contributed by atoms with E-state index in [1.54, 1.807) is 47.8 Å². The molecule has 0 radical (unpaired) electrons. The lowest BCUT2D eigenvalue weighted by Gasteiger charge is -2.36. The minimum absolute atomic E-state index is 0.185. The van der Waals surface area contributed by atoms with E-state index in [-0.39, 0.29) is 5.91 Å². The Labute approximate surface area is 233 Å². The van der Waals surface area contributed by atoms with Gasteiger partial charge in [-0.2, -0.15) is 14.6 Å². The van der Waals surface area contributed by atoms with Gasteiger partial charge in [-0.3, -0.25) is 4.79 Å². The van der Waals surface area contributed by atoms with Crippen LogP contribution in [0.1, 0.15) is 16.1 Å². The van der Waals surface area contributed by atoms with Crippen LogP contribution in [0.15, 0.2) is 59.5 Å². The van der Waals surface area contributed by atoms with Crippen LogP contribution in [0, 0.1) is 6.92 Å². The van der Waals surface area contributed by atoms with Gasteiger partial charge in [0.15, 0.2) is 0 Å². The third-order valence-electron chi connectivity index (χ3n) is 6.82. The number of amides is 1. The number of hydrogen-bond donors (Lipinski definition) is 0. The molecule has 2 aromatic carbocycles. The largest absolute Gasteiger partial charge is 0.497 e. The number of ether oxygens (including phenoxy) is 1. The lowest BCUT2D eigenvalue weighted by molar-refractivity contribution is 0.0745. The molecule has 1 saturated heterocycles.